The Morgan fingerprint density at radius 1 is 1.00 bits per heavy atom. The van der Waals surface area contributed by atoms with Crippen LogP contribution in [-0.2, 0) is 20.1 Å². The third-order valence-electron chi connectivity index (χ3n) is 6.04. The van der Waals surface area contributed by atoms with Gasteiger partial charge in [0.25, 0.3) is 0 Å². The molecule has 0 bridgehead atoms. The number of benzene rings is 2. The molecule has 4 aromatic rings. The Kier molecular flexibility index (Phi) is 7.42. The van der Waals surface area contributed by atoms with E-state index in [2.05, 4.69) is 41.5 Å². The number of hydrogen-bond acceptors (Lipinski definition) is 5. The van der Waals surface area contributed by atoms with Crippen molar-refractivity contribution in [3.8, 4) is 17.2 Å². The number of hydrogen-bond donors (Lipinski definition) is 0. The van der Waals surface area contributed by atoms with Crippen molar-refractivity contribution in [3.05, 3.63) is 89.3 Å². The van der Waals surface area contributed by atoms with Crippen LogP contribution >= 0.6 is 12.4 Å². The van der Waals surface area contributed by atoms with Gasteiger partial charge in [-0.15, -0.1) is 12.4 Å². The molecule has 0 N–H and O–H groups in total. The highest BCUT2D eigenvalue weighted by Gasteiger charge is 2.18. The Balaban J connectivity index is 0.00000289. The first kappa shape index (κ1) is 24.4. The second-order valence-electron chi connectivity index (χ2n) is 8.23. The lowest BCUT2D eigenvalue weighted by atomic mass is 9.96. The van der Waals surface area contributed by atoms with Gasteiger partial charge in [-0.05, 0) is 41.8 Å². The van der Waals surface area contributed by atoms with E-state index in [1.165, 1.54) is 5.56 Å². The van der Waals surface area contributed by atoms with E-state index in [-0.39, 0.29) is 12.4 Å². The quantitative estimate of drug-likeness (QED) is 0.336. The second-order valence-corrected chi connectivity index (χ2v) is 8.23. The first-order valence-electron chi connectivity index (χ1n) is 11.3. The molecule has 2 aromatic carbocycles. The molecule has 6 nitrogen and oxygen atoms in total. The van der Waals surface area contributed by atoms with Crippen LogP contribution in [0.15, 0.2) is 72.0 Å². The van der Waals surface area contributed by atoms with E-state index in [9.17, 15) is 0 Å². The molecule has 2 aromatic heterocycles. The number of halogens is 1. The highest BCUT2D eigenvalue weighted by Crippen LogP contribution is 2.34. The maximum absolute atomic E-state index is 6.11. The number of fused-ring (bicyclic) bond motifs is 2. The maximum Gasteiger partial charge on any atom is 0.161 e. The molecule has 180 valence electrons. The van der Waals surface area contributed by atoms with E-state index < -0.39 is 0 Å². The molecule has 0 aliphatic carbocycles. The Labute approximate surface area is 211 Å². The molecule has 0 saturated heterocycles. The van der Waals surface area contributed by atoms with E-state index in [0.717, 1.165) is 57.9 Å². The molecule has 0 spiro atoms. The SMILES string of the molecule is COc1cnc2c(c1)c(/C=C/C1=NCCc3cc(OCc4ccccc4)c(OC)cc31)cn2C.Cl. The highest BCUT2D eigenvalue weighted by atomic mass is 35.5. The van der Waals surface area contributed by atoms with E-state index >= 15 is 0 Å². The zero-order chi connectivity index (χ0) is 23.5. The van der Waals surface area contributed by atoms with Crippen molar-refractivity contribution in [2.75, 3.05) is 20.8 Å². The standard InChI is InChI=1S/C28H27N3O3.ClH/c1-31-17-21(24-14-22(32-2)16-30-28(24)31)9-10-25-23-15-26(33-3)27(13-20(23)11-12-29-25)34-18-19-7-5-4-6-8-19;/h4-10,13-17H,11-12,18H2,1-3H3;1H/b10-9+;. The maximum atomic E-state index is 6.11. The molecule has 0 unspecified atom stereocenters. The number of rotatable bonds is 7. The number of nitrogens with zero attached hydrogens (tertiary/aromatic N) is 3. The molecule has 0 saturated carbocycles. The van der Waals surface area contributed by atoms with Gasteiger partial charge in [0.2, 0.25) is 0 Å². The lowest BCUT2D eigenvalue weighted by Gasteiger charge is -2.19. The van der Waals surface area contributed by atoms with E-state index in [1.54, 1.807) is 20.4 Å². The molecular formula is C28H28ClN3O3. The zero-order valence-electron chi connectivity index (χ0n) is 20.0. The fourth-order valence-electron chi connectivity index (χ4n) is 4.26. The van der Waals surface area contributed by atoms with Gasteiger partial charge in [0, 0.05) is 36.3 Å². The summed E-state index contributed by atoms with van der Waals surface area (Å²) in [6.07, 6.45) is 8.83. The molecule has 3 heterocycles. The molecule has 0 fully saturated rings. The topological polar surface area (TPSA) is 57.9 Å². The first-order chi connectivity index (χ1) is 16.7. The number of aromatic nitrogens is 2. The number of methoxy groups -OCH3 is 2. The number of ether oxygens (including phenoxy) is 3. The molecule has 0 atom stereocenters. The van der Waals surface area contributed by atoms with Crippen molar-refractivity contribution < 1.29 is 14.2 Å². The summed E-state index contributed by atoms with van der Waals surface area (Å²) in [6.45, 7) is 1.23. The molecule has 35 heavy (non-hydrogen) atoms. The average molecular weight is 490 g/mol. The lowest BCUT2D eigenvalue weighted by Crippen LogP contribution is -2.12. The van der Waals surface area contributed by atoms with Gasteiger partial charge in [-0.1, -0.05) is 36.4 Å². The van der Waals surface area contributed by atoms with Gasteiger partial charge < -0.3 is 18.8 Å². The van der Waals surface area contributed by atoms with Crippen molar-refractivity contribution in [2.45, 2.75) is 13.0 Å². The van der Waals surface area contributed by atoms with Crippen molar-refractivity contribution in [2.24, 2.45) is 12.0 Å². The molecule has 7 heteroatoms. The van der Waals surface area contributed by atoms with Crippen molar-refractivity contribution in [1.82, 2.24) is 9.55 Å². The highest BCUT2D eigenvalue weighted by molar-refractivity contribution is 6.13. The summed E-state index contributed by atoms with van der Waals surface area (Å²) < 4.78 is 19.2. The zero-order valence-corrected chi connectivity index (χ0v) is 20.8. The summed E-state index contributed by atoms with van der Waals surface area (Å²) in [4.78, 5) is 9.31. The van der Waals surface area contributed by atoms with Gasteiger partial charge in [0.05, 0.1) is 26.1 Å². The number of pyridine rings is 1. The van der Waals surface area contributed by atoms with Crippen LogP contribution in [0.4, 0.5) is 0 Å². The molecular weight excluding hydrogens is 462 g/mol. The third kappa shape index (κ3) is 5.03. The molecule has 0 radical (unpaired) electrons. The van der Waals surface area contributed by atoms with Crippen molar-refractivity contribution in [1.29, 1.82) is 0 Å². The number of allylic oxidation sites excluding steroid dienone is 1. The molecule has 1 aliphatic heterocycles. The van der Waals surface area contributed by atoms with Crippen LogP contribution in [0.1, 0.15) is 22.3 Å². The Morgan fingerprint density at radius 3 is 2.60 bits per heavy atom. The molecule has 5 rings (SSSR count). The van der Waals surface area contributed by atoms with Gasteiger partial charge in [0.15, 0.2) is 11.5 Å². The van der Waals surface area contributed by atoms with Crippen LogP contribution in [0.25, 0.3) is 17.1 Å². The largest absolute Gasteiger partial charge is 0.495 e. The summed E-state index contributed by atoms with van der Waals surface area (Å²) in [5.74, 6) is 2.20. The summed E-state index contributed by atoms with van der Waals surface area (Å²) >= 11 is 0. The minimum Gasteiger partial charge on any atom is -0.495 e. The average Bonchev–Trinajstić information content (AvgIpc) is 3.20. The van der Waals surface area contributed by atoms with Gasteiger partial charge in [0.1, 0.15) is 18.0 Å². The Morgan fingerprint density at radius 2 is 1.83 bits per heavy atom. The number of aryl methyl sites for hydroxylation is 1. The fraction of sp³-hybridized carbons (Fsp3) is 0.214. The second kappa shape index (κ2) is 10.7. The van der Waals surface area contributed by atoms with Crippen LogP contribution in [0, 0.1) is 0 Å². The third-order valence-corrected chi connectivity index (χ3v) is 6.04. The predicted octanol–water partition coefficient (Wildman–Crippen LogP) is 5.65. The van der Waals surface area contributed by atoms with E-state index in [0.29, 0.717) is 12.4 Å². The first-order valence-corrected chi connectivity index (χ1v) is 11.3. The van der Waals surface area contributed by atoms with Crippen molar-refractivity contribution >= 4 is 35.2 Å². The van der Waals surface area contributed by atoms with Crippen LogP contribution in [0.2, 0.25) is 0 Å². The van der Waals surface area contributed by atoms with Gasteiger partial charge >= 0.3 is 0 Å². The van der Waals surface area contributed by atoms with Gasteiger partial charge in [-0.2, -0.15) is 0 Å². The van der Waals surface area contributed by atoms with Crippen LogP contribution in [0.5, 0.6) is 17.2 Å². The summed E-state index contributed by atoms with van der Waals surface area (Å²) in [6, 6.07) is 16.3. The normalized spacial score (nSPS) is 12.7. The van der Waals surface area contributed by atoms with Crippen LogP contribution in [-0.4, -0.2) is 36.0 Å². The minimum absolute atomic E-state index is 0. The minimum atomic E-state index is 0. The summed E-state index contributed by atoms with van der Waals surface area (Å²) in [7, 11) is 5.32. The predicted molar refractivity (Wildman–Crippen MR) is 142 cm³/mol. The fourth-order valence-corrected chi connectivity index (χ4v) is 4.26. The Hall–Kier alpha value is -3.77. The lowest BCUT2D eigenvalue weighted by molar-refractivity contribution is 0.284. The number of aliphatic imine (C=N–C) groups is 1. The molecule has 0 amide bonds. The van der Waals surface area contributed by atoms with Crippen LogP contribution in [0.3, 0.4) is 0 Å². The van der Waals surface area contributed by atoms with Crippen molar-refractivity contribution in [3.63, 3.8) is 0 Å². The van der Waals surface area contributed by atoms with E-state index in [4.69, 9.17) is 19.2 Å². The van der Waals surface area contributed by atoms with Gasteiger partial charge in [-0.3, -0.25) is 4.99 Å². The summed E-state index contributed by atoms with van der Waals surface area (Å²) in [5.41, 5.74) is 6.31. The summed E-state index contributed by atoms with van der Waals surface area (Å²) in [5, 5.41) is 1.04. The monoisotopic (exact) mass is 489 g/mol. The molecule has 1 aliphatic rings. The van der Waals surface area contributed by atoms with E-state index in [1.807, 2.05) is 41.9 Å². The smallest absolute Gasteiger partial charge is 0.161 e. The van der Waals surface area contributed by atoms with Gasteiger partial charge in [-0.25, -0.2) is 4.98 Å². The Bertz CT molecular complexity index is 1390. The van der Waals surface area contributed by atoms with Crippen LogP contribution < -0.4 is 14.2 Å².